The van der Waals surface area contributed by atoms with Crippen molar-refractivity contribution in [2.75, 3.05) is 6.54 Å². The number of carbonyl (C=O) groups is 1. The van der Waals surface area contributed by atoms with Crippen LogP contribution in [-0.4, -0.2) is 69.0 Å². The number of hydrogen-bond acceptors (Lipinski definition) is 6. The van der Waals surface area contributed by atoms with Crippen molar-refractivity contribution < 1.29 is 30.0 Å². The molecule has 2 unspecified atom stereocenters. The molecule has 1 fully saturated rings. The molecule has 0 saturated carbocycles. The summed E-state index contributed by atoms with van der Waals surface area (Å²) in [7, 11) is 0. The number of hydrogen-bond donors (Lipinski definition) is 5. The first-order valence-electron chi connectivity index (χ1n) is 12.6. The van der Waals surface area contributed by atoms with Crippen LogP contribution in [0, 0.1) is 0 Å². The third kappa shape index (κ3) is 12.7. The minimum Gasteiger partial charge on any atom is -0.388 e. The molecule has 32 heavy (non-hydrogen) atoms. The fraction of sp³-hybridized carbons (Fsp3) is 0.958. The molecule has 0 aromatic rings. The predicted molar refractivity (Wildman–Crippen MR) is 126 cm³/mol. The number of rotatable bonds is 18. The molecule has 1 amide bonds. The van der Waals surface area contributed by atoms with E-state index < -0.39 is 30.7 Å². The maximum Gasteiger partial charge on any atom is 0.220 e. The molecule has 1 heterocycles. The summed E-state index contributed by atoms with van der Waals surface area (Å²) in [6.45, 7) is 2.21. The van der Waals surface area contributed by atoms with Crippen LogP contribution in [0.5, 0.6) is 0 Å². The molecule has 190 valence electrons. The van der Waals surface area contributed by atoms with Gasteiger partial charge in [0, 0.05) is 18.3 Å². The van der Waals surface area contributed by atoms with Gasteiger partial charge in [0.2, 0.25) is 5.91 Å². The average molecular weight is 480 g/mol. The summed E-state index contributed by atoms with van der Waals surface area (Å²) in [6.07, 6.45) is 9.88. The van der Waals surface area contributed by atoms with E-state index in [4.69, 9.17) is 16.3 Å². The van der Waals surface area contributed by atoms with Gasteiger partial charge in [-0.1, -0.05) is 77.6 Å². The van der Waals surface area contributed by atoms with Crippen molar-refractivity contribution in [1.29, 1.82) is 0 Å². The minimum absolute atomic E-state index is 0.0311. The highest BCUT2D eigenvalue weighted by atomic mass is 35.5. The Morgan fingerprint density at radius 3 is 1.94 bits per heavy atom. The third-order valence-corrected chi connectivity index (χ3v) is 6.67. The Morgan fingerprint density at radius 2 is 1.34 bits per heavy atom. The SMILES string of the molecule is CCCCCCCCCC(Cl)CCCCCCCC(=O)NC[C@H]1OC(O)[C@H](O)[C@@H](O)[C@H]1O. The number of aliphatic hydroxyl groups is 4. The third-order valence-electron chi connectivity index (χ3n) is 6.23. The van der Waals surface area contributed by atoms with E-state index in [1.165, 1.54) is 44.9 Å². The molecule has 0 bridgehead atoms. The molecule has 0 aromatic heterocycles. The van der Waals surface area contributed by atoms with Gasteiger partial charge in [-0.3, -0.25) is 4.79 Å². The average Bonchev–Trinajstić information content (AvgIpc) is 2.77. The van der Waals surface area contributed by atoms with Gasteiger partial charge in [-0.25, -0.2) is 0 Å². The van der Waals surface area contributed by atoms with Crippen molar-refractivity contribution in [3.8, 4) is 0 Å². The first kappa shape index (κ1) is 29.6. The van der Waals surface area contributed by atoms with Gasteiger partial charge in [0.1, 0.15) is 24.4 Å². The molecular weight excluding hydrogens is 434 g/mol. The van der Waals surface area contributed by atoms with Crippen LogP contribution in [-0.2, 0) is 9.53 Å². The van der Waals surface area contributed by atoms with E-state index in [0.717, 1.165) is 44.9 Å². The Labute approximate surface area is 198 Å². The Kier molecular flexibility index (Phi) is 16.6. The van der Waals surface area contributed by atoms with Crippen molar-refractivity contribution in [1.82, 2.24) is 5.32 Å². The van der Waals surface area contributed by atoms with Crippen LogP contribution >= 0.6 is 11.6 Å². The Hall–Kier alpha value is -0.440. The number of nitrogens with one attached hydrogen (secondary N) is 1. The van der Waals surface area contributed by atoms with Gasteiger partial charge in [0.25, 0.3) is 0 Å². The molecule has 6 atom stereocenters. The van der Waals surface area contributed by atoms with Crippen molar-refractivity contribution in [3.05, 3.63) is 0 Å². The van der Waals surface area contributed by atoms with Gasteiger partial charge in [-0.05, 0) is 19.3 Å². The Balaban J connectivity index is 1.95. The normalized spacial score (nSPS) is 26.8. The van der Waals surface area contributed by atoms with Crippen molar-refractivity contribution in [2.24, 2.45) is 0 Å². The molecule has 1 aliphatic rings. The fourth-order valence-corrected chi connectivity index (χ4v) is 4.36. The van der Waals surface area contributed by atoms with Gasteiger partial charge in [-0.2, -0.15) is 0 Å². The Bertz CT molecular complexity index is 483. The largest absolute Gasteiger partial charge is 0.388 e. The summed E-state index contributed by atoms with van der Waals surface area (Å²) >= 11 is 6.43. The molecule has 0 radical (unpaired) electrons. The van der Waals surface area contributed by atoms with Crippen molar-refractivity contribution in [2.45, 2.75) is 139 Å². The summed E-state index contributed by atoms with van der Waals surface area (Å²) in [6, 6.07) is 0. The van der Waals surface area contributed by atoms with E-state index in [1.807, 2.05) is 0 Å². The summed E-state index contributed by atoms with van der Waals surface area (Å²) in [5.74, 6) is -0.161. The van der Waals surface area contributed by atoms with Crippen LogP contribution in [0.1, 0.15) is 103 Å². The lowest BCUT2D eigenvalue weighted by molar-refractivity contribution is -0.280. The van der Waals surface area contributed by atoms with Gasteiger partial charge >= 0.3 is 0 Å². The van der Waals surface area contributed by atoms with Crippen LogP contribution in [0.25, 0.3) is 0 Å². The van der Waals surface area contributed by atoms with Crippen LogP contribution in [0.15, 0.2) is 0 Å². The first-order valence-corrected chi connectivity index (χ1v) is 13.1. The Morgan fingerprint density at radius 1 is 0.812 bits per heavy atom. The molecule has 1 rings (SSSR count). The number of ether oxygens (including phenoxy) is 1. The summed E-state index contributed by atoms with van der Waals surface area (Å²) in [5.41, 5.74) is 0. The van der Waals surface area contributed by atoms with E-state index >= 15 is 0 Å². The maximum atomic E-state index is 12.0. The molecule has 0 spiro atoms. The van der Waals surface area contributed by atoms with Crippen LogP contribution in [0.2, 0.25) is 0 Å². The molecule has 1 saturated heterocycles. The van der Waals surface area contributed by atoms with E-state index in [9.17, 15) is 25.2 Å². The van der Waals surface area contributed by atoms with Crippen molar-refractivity contribution >= 4 is 17.5 Å². The molecule has 1 aliphatic heterocycles. The van der Waals surface area contributed by atoms with E-state index in [2.05, 4.69) is 12.2 Å². The van der Waals surface area contributed by atoms with Crippen molar-refractivity contribution in [3.63, 3.8) is 0 Å². The second kappa shape index (κ2) is 18.0. The van der Waals surface area contributed by atoms with E-state index in [1.54, 1.807) is 0 Å². The second-order valence-corrected chi connectivity index (χ2v) is 9.77. The monoisotopic (exact) mass is 479 g/mol. The molecule has 7 nitrogen and oxygen atoms in total. The zero-order chi connectivity index (χ0) is 23.8. The van der Waals surface area contributed by atoms with Gasteiger partial charge in [0.05, 0.1) is 0 Å². The zero-order valence-electron chi connectivity index (χ0n) is 19.8. The van der Waals surface area contributed by atoms with Crippen LogP contribution in [0.4, 0.5) is 0 Å². The van der Waals surface area contributed by atoms with E-state index in [-0.39, 0.29) is 17.8 Å². The molecule has 0 aliphatic carbocycles. The second-order valence-electron chi connectivity index (χ2n) is 9.15. The molecular formula is C24H46ClNO6. The number of amides is 1. The number of carbonyl (C=O) groups excluding carboxylic acids is 1. The lowest BCUT2D eigenvalue weighted by Gasteiger charge is -2.38. The van der Waals surface area contributed by atoms with Gasteiger partial charge in [0.15, 0.2) is 6.29 Å². The maximum absolute atomic E-state index is 12.0. The minimum atomic E-state index is -1.58. The molecule has 5 N–H and O–H groups in total. The fourth-order valence-electron chi connectivity index (χ4n) is 4.05. The smallest absolute Gasteiger partial charge is 0.220 e. The standard InChI is InChI=1S/C24H46ClNO6/c1-2-3-4-5-6-8-11-14-18(25)15-12-9-7-10-13-16-20(27)26-17-19-21(28)22(29)23(30)24(31)32-19/h18-19,21-24,28-31H,2-17H2,1H3,(H,26,27)/t18?,19-,21+,22+,23-,24?/m1/s1. The topological polar surface area (TPSA) is 119 Å². The molecule has 0 aromatic carbocycles. The summed E-state index contributed by atoms with van der Waals surface area (Å²) in [4.78, 5) is 12.0. The van der Waals surface area contributed by atoms with E-state index in [0.29, 0.717) is 6.42 Å². The van der Waals surface area contributed by atoms with Crippen LogP contribution < -0.4 is 5.32 Å². The number of unbranched alkanes of at least 4 members (excludes halogenated alkanes) is 10. The summed E-state index contributed by atoms with van der Waals surface area (Å²) < 4.78 is 5.04. The lowest BCUT2D eigenvalue weighted by Crippen LogP contribution is -2.59. The first-order chi connectivity index (χ1) is 15.4. The predicted octanol–water partition coefficient (Wildman–Crippen LogP) is 3.38. The number of aliphatic hydroxyl groups excluding tert-OH is 4. The number of halogens is 1. The van der Waals surface area contributed by atoms with Crippen LogP contribution in [0.3, 0.4) is 0 Å². The van der Waals surface area contributed by atoms with Gasteiger partial charge < -0.3 is 30.5 Å². The zero-order valence-corrected chi connectivity index (χ0v) is 20.5. The lowest BCUT2D eigenvalue weighted by atomic mass is 9.99. The number of alkyl halides is 1. The van der Waals surface area contributed by atoms with Gasteiger partial charge in [-0.15, -0.1) is 11.6 Å². The molecule has 8 heteroatoms. The highest BCUT2D eigenvalue weighted by molar-refractivity contribution is 6.20. The quantitative estimate of drug-likeness (QED) is 0.152. The summed E-state index contributed by atoms with van der Waals surface area (Å²) in [5, 5.41) is 41.4. The highest BCUT2D eigenvalue weighted by Gasteiger charge is 2.42. The highest BCUT2D eigenvalue weighted by Crippen LogP contribution is 2.20.